The van der Waals surface area contributed by atoms with Gasteiger partial charge in [-0.15, -0.1) is 0 Å². The molecule has 0 amide bonds. The molecule has 0 aromatic heterocycles. The van der Waals surface area contributed by atoms with E-state index in [0.717, 1.165) is 0 Å². The lowest BCUT2D eigenvalue weighted by molar-refractivity contribution is 0.0403. The van der Waals surface area contributed by atoms with Gasteiger partial charge in [0.2, 0.25) is 0 Å². The number of rotatable bonds is 2. The average molecular weight is 269 g/mol. The minimum atomic E-state index is 0.289. The maximum Gasteiger partial charge on any atom is 0.0191 e. The number of allylic oxidation sites excluding steroid dienone is 1. The van der Waals surface area contributed by atoms with Crippen molar-refractivity contribution >= 4 is 6.08 Å². The van der Waals surface area contributed by atoms with Crippen LogP contribution in [0.4, 0.5) is 0 Å². The summed E-state index contributed by atoms with van der Waals surface area (Å²) in [6, 6.07) is 8.95. The maximum absolute atomic E-state index is 2.69. The van der Waals surface area contributed by atoms with Crippen LogP contribution in [0.2, 0.25) is 0 Å². The molecule has 1 heterocycles. The first-order valence-corrected chi connectivity index (χ1v) is 8.03. The van der Waals surface area contributed by atoms with Gasteiger partial charge in [0.05, 0.1) is 0 Å². The van der Waals surface area contributed by atoms with Crippen LogP contribution in [0, 0.1) is 5.92 Å². The van der Waals surface area contributed by atoms with Crippen LogP contribution in [-0.4, -0.2) is 23.5 Å². The third kappa shape index (κ3) is 1.95. The first-order valence-electron chi connectivity index (χ1n) is 8.03. The Bertz CT molecular complexity index is 528. The quantitative estimate of drug-likeness (QED) is 0.765. The topological polar surface area (TPSA) is 3.24 Å². The van der Waals surface area contributed by atoms with E-state index in [1.165, 1.54) is 31.5 Å². The fraction of sp³-hybridized carbons (Fsp3) is 0.579. The largest absolute Gasteiger partial charge is 0.298 e. The van der Waals surface area contributed by atoms with E-state index in [4.69, 9.17) is 0 Å². The lowest BCUT2D eigenvalue weighted by Crippen LogP contribution is -2.54. The standard InChI is InChI=1S/C19H27N/c1-5-18(3,4)20-13-12-19(15(2)14-20)11-10-16-8-6-7-9-17(16)19/h6-11,15H,5,12-14H2,1-4H3. The smallest absolute Gasteiger partial charge is 0.0191 e. The Morgan fingerprint density at radius 1 is 1.30 bits per heavy atom. The molecule has 1 aromatic rings. The molecule has 3 rings (SSSR count). The van der Waals surface area contributed by atoms with Crippen molar-refractivity contribution in [2.45, 2.75) is 51.5 Å². The zero-order valence-corrected chi connectivity index (χ0v) is 13.3. The summed E-state index contributed by atoms with van der Waals surface area (Å²) in [5, 5.41) is 0. The van der Waals surface area contributed by atoms with E-state index in [9.17, 15) is 0 Å². The SMILES string of the molecule is CCC(C)(C)N1CCC2(C=Cc3ccccc32)C(C)C1. The molecule has 1 heteroatoms. The molecule has 1 spiro atoms. The van der Waals surface area contributed by atoms with Crippen LogP contribution < -0.4 is 0 Å². The Morgan fingerprint density at radius 2 is 2.05 bits per heavy atom. The van der Waals surface area contributed by atoms with Gasteiger partial charge < -0.3 is 0 Å². The van der Waals surface area contributed by atoms with Gasteiger partial charge >= 0.3 is 0 Å². The Morgan fingerprint density at radius 3 is 2.75 bits per heavy atom. The molecule has 1 aliphatic carbocycles. The summed E-state index contributed by atoms with van der Waals surface area (Å²) >= 11 is 0. The molecular weight excluding hydrogens is 242 g/mol. The summed E-state index contributed by atoms with van der Waals surface area (Å²) < 4.78 is 0. The number of fused-ring (bicyclic) bond motifs is 2. The molecule has 2 atom stereocenters. The molecular formula is C19H27N. The Kier molecular flexibility index (Phi) is 3.29. The van der Waals surface area contributed by atoms with Crippen molar-refractivity contribution in [2.24, 2.45) is 5.92 Å². The second-order valence-electron chi connectivity index (χ2n) is 7.22. The van der Waals surface area contributed by atoms with Crippen molar-refractivity contribution in [3.05, 3.63) is 41.5 Å². The van der Waals surface area contributed by atoms with Crippen molar-refractivity contribution in [3.63, 3.8) is 0 Å². The van der Waals surface area contributed by atoms with Gasteiger partial charge in [0.25, 0.3) is 0 Å². The van der Waals surface area contributed by atoms with Crippen LogP contribution in [0.1, 0.15) is 51.7 Å². The van der Waals surface area contributed by atoms with Crippen molar-refractivity contribution in [2.75, 3.05) is 13.1 Å². The molecule has 0 bridgehead atoms. The van der Waals surface area contributed by atoms with E-state index in [1.54, 1.807) is 5.56 Å². The molecule has 2 aliphatic rings. The lowest BCUT2D eigenvalue weighted by Gasteiger charge is -2.50. The van der Waals surface area contributed by atoms with E-state index in [2.05, 4.69) is 69.0 Å². The third-order valence-corrected chi connectivity index (χ3v) is 5.91. The predicted molar refractivity (Wildman–Crippen MR) is 86.9 cm³/mol. The van der Waals surface area contributed by atoms with Gasteiger partial charge in [0.1, 0.15) is 0 Å². The molecule has 1 saturated heterocycles. The highest BCUT2D eigenvalue weighted by Crippen LogP contribution is 2.47. The first-order chi connectivity index (χ1) is 9.49. The number of piperidine rings is 1. The van der Waals surface area contributed by atoms with Crippen LogP contribution in [0.3, 0.4) is 0 Å². The summed E-state index contributed by atoms with van der Waals surface area (Å²) in [4.78, 5) is 2.69. The normalized spacial score (nSPS) is 29.9. The Hall–Kier alpha value is -1.08. The van der Waals surface area contributed by atoms with Crippen molar-refractivity contribution in [1.29, 1.82) is 0 Å². The number of likely N-dealkylation sites (tertiary alicyclic amines) is 1. The van der Waals surface area contributed by atoms with Crippen molar-refractivity contribution < 1.29 is 0 Å². The molecule has 1 aliphatic heterocycles. The summed E-state index contributed by atoms with van der Waals surface area (Å²) in [6.45, 7) is 11.9. The van der Waals surface area contributed by atoms with Gasteiger partial charge in [-0.1, -0.05) is 50.3 Å². The van der Waals surface area contributed by atoms with Gasteiger partial charge in [-0.25, -0.2) is 0 Å². The summed E-state index contributed by atoms with van der Waals surface area (Å²) in [7, 11) is 0. The fourth-order valence-corrected chi connectivity index (χ4v) is 3.97. The monoisotopic (exact) mass is 269 g/mol. The second kappa shape index (κ2) is 4.73. The van der Waals surface area contributed by atoms with E-state index in [-0.39, 0.29) is 5.41 Å². The molecule has 108 valence electrons. The molecule has 20 heavy (non-hydrogen) atoms. The molecule has 0 saturated carbocycles. The predicted octanol–water partition coefficient (Wildman–Crippen LogP) is 4.48. The van der Waals surface area contributed by atoms with E-state index in [0.29, 0.717) is 11.5 Å². The minimum Gasteiger partial charge on any atom is -0.298 e. The third-order valence-electron chi connectivity index (χ3n) is 5.91. The number of hydrogen-bond acceptors (Lipinski definition) is 1. The van der Waals surface area contributed by atoms with Gasteiger partial charge in [-0.2, -0.15) is 0 Å². The summed E-state index contributed by atoms with van der Waals surface area (Å²) in [6.07, 6.45) is 7.30. The minimum absolute atomic E-state index is 0.289. The molecule has 0 radical (unpaired) electrons. The number of benzene rings is 1. The zero-order valence-electron chi connectivity index (χ0n) is 13.3. The van der Waals surface area contributed by atoms with E-state index >= 15 is 0 Å². The Balaban J connectivity index is 1.88. The van der Waals surface area contributed by atoms with Crippen LogP contribution in [-0.2, 0) is 5.41 Å². The summed E-state index contributed by atoms with van der Waals surface area (Å²) in [5.41, 5.74) is 3.61. The highest BCUT2D eigenvalue weighted by atomic mass is 15.2. The highest BCUT2D eigenvalue weighted by Gasteiger charge is 2.45. The fourth-order valence-electron chi connectivity index (χ4n) is 3.97. The first kappa shape index (κ1) is 13.9. The van der Waals surface area contributed by atoms with Gasteiger partial charge in [0, 0.05) is 17.5 Å². The number of hydrogen-bond donors (Lipinski definition) is 0. The second-order valence-corrected chi connectivity index (χ2v) is 7.22. The lowest BCUT2D eigenvalue weighted by atomic mass is 9.67. The Labute approximate surface area is 123 Å². The van der Waals surface area contributed by atoms with Crippen LogP contribution in [0.25, 0.3) is 6.08 Å². The van der Waals surface area contributed by atoms with E-state index < -0.39 is 0 Å². The molecule has 1 fully saturated rings. The molecule has 0 N–H and O–H groups in total. The van der Waals surface area contributed by atoms with Gasteiger partial charge in [-0.3, -0.25) is 4.90 Å². The van der Waals surface area contributed by atoms with Crippen LogP contribution in [0.15, 0.2) is 30.3 Å². The van der Waals surface area contributed by atoms with Crippen LogP contribution >= 0.6 is 0 Å². The molecule has 1 nitrogen and oxygen atoms in total. The average Bonchev–Trinajstić information content (AvgIpc) is 2.82. The summed E-state index contributed by atoms with van der Waals surface area (Å²) in [5.74, 6) is 0.682. The van der Waals surface area contributed by atoms with Gasteiger partial charge in [-0.05, 0) is 50.3 Å². The molecule has 2 unspecified atom stereocenters. The van der Waals surface area contributed by atoms with Crippen LogP contribution in [0.5, 0.6) is 0 Å². The van der Waals surface area contributed by atoms with Gasteiger partial charge in [0.15, 0.2) is 0 Å². The molecule has 1 aromatic carbocycles. The zero-order chi connectivity index (χ0) is 14.4. The number of nitrogens with zero attached hydrogens (tertiary/aromatic N) is 1. The maximum atomic E-state index is 2.69. The van der Waals surface area contributed by atoms with Crippen molar-refractivity contribution in [3.8, 4) is 0 Å². The van der Waals surface area contributed by atoms with E-state index in [1.807, 2.05) is 0 Å². The van der Waals surface area contributed by atoms with Crippen molar-refractivity contribution in [1.82, 2.24) is 4.90 Å². The highest BCUT2D eigenvalue weighted by molar-refractivity contribution is 5.65.